The van der Waals surface area contributed by atoms with Crippen LogP contribution in [0.15, 0.2) is 24.4 Å². The summed E-state index contributed by atoms with van der Waals surface area (Å²) < 4.78 is 0. The van der Waals surface area contributed by atoms with Crippen LogP contribution < -0.4 is 5.73 Å². The van der Waals surface area contributed by atoms with E-state index in [1.54, 1.807) is 0 Å². The number of H-pyrrole nitrogens is 1. The van der Waals surface area contributed by atoms with E-state index < -0.39 is 0 Å². The Labute approximate surface area is 108 Å². The van der Waals surface area contributed by atoms with Crippen LogP contribution in [0.3, 0.4) is 0 Å². The van der Waals surface area contributed by atoms with Crippen molar-refractivity contribution in [3.63, 3.8) is 0 Å². The highest BCUT2D eigenvalue weighted by atomic mass is 15.1. The van der Waals surface area contributed by atoms with E-state index in [1.807, 2.05) is 0 Å². The summed E-state index contributed by atoms with van der Waals surface area (Å²) in [5.41, 5.74) is 9.60. The maximum absolute atomic E-state index is 5.78. The average molecular weight is 243 g/mol. The van der Waals surface area contributed by atoms with Crippen LogP contribution in [0.2, 0.25) is 0 Å². The number of fused-ring (bicyclic) bond motifs is 1. The molecule has 1 aliphatic heterocycles. The summed E-state index contributed by atoms with van der Waals surface area (Å²) in [5.74, 6) is 0. The van der Waals surface area contributed by atoms with Gasteiger partial charge in [-0.25, -0.2) is 0 Å². The molecular formula is C15H21N3. The maximum atomic E-state index is 5.78. The molecule has 3 heteroatoms. The van der Waals surface area contributed by atoms with E-state index in [-0.39, 0.29) is 0 Å². The van der Waals surface area contributed by atoms with Gasteiger partial charge in [0.2, 0.25) is 0 Å². The topological polar surface area (TPSA) is 45.0 Å². The smallest absolute Gasteiger partial charge is 0.0502 e. The molecule has 3 N–H and O–H groups in total. The van der Waals surface area contributed by atoms with Crippen molar-refractivity contribution in [2.75, 3.05) is 13.1 Å². The van der Waals surface area contributed by atoms with E-state index in [0.29, 0.717) is 6.54 Å². The molecule has 1 saturated heterocycles. The van der Waals surface area contributed by atoms with Gasteiger partial charge in [0.25, 0.3) is 0 Å². The lowest BCUT2D eigenvalue weighted by molar-refractivity contribution is 0.221. The van der Waals surface area contributed by atoms with Gasteiger partial charge in [-0.05, 0) is 37.1 Å². The molecular weight excluding hydrogens is 222 g/mol. The number of rotatable bonds is 3. The molecule has 0 saturated carbocycles. The Morgan fingerprint density at radius 2 is 1.94 bits per heavy atom. The molecule has 1 fully saturated rings. The van der Waals surface area contributed by atoms with E-state index in [2.05, 4.69) is 34.3 Å². The van der Waals surface area contributed by atoms with Crippen molar-refractivity contribution in [1.82, 2.24) is 9.88 Å². The molecule has 96 valence electrons. The number of nitrogens with one attached hydrogen (secondary N) is 1. The molecule has 18 heavy (non-hydrogen) atoms. The molecule has 0 bridgehead atoms. The Morgan fingerprint density at radius 3 is 2.72 bits per heavy atom. The highest BCUT2D eigenvalue weighted by Gasteiger charge is 2.13. The Bertz CT molecular complexity index is 524. The molecule has 0 unspecified atom stereocenters. The lowest BCUT2D eigenvalue weighted by atomic mass is 10.1. The maximum Gasteiger partial charge on any atom is 0.0502 e. The second kappa shape index (κ2) is 5.12. The van der Waals surface area contributed by atoms with Crippen molar-refractivity contribution in [1.29, 1.82) is 0 Å². The Balaban J connectivity index is 1.88. The summed E-state index contributed by atoms with van der Waals surface area (Å²) in [4.78, 5) is 5.95. The molecule has 0 radical (unpaired) electrons. The van der Waals surface area contributed by atoms with Crippen LogP contribution in [0.5, 0.6) is 0 Å². The highest BCUT2D eigenvalue weighted by Crippen LogP contribution is 2.23. The van der Waals surface area contributed by atoms with Gasteiger partial charge in [0.1, 0.15) is 0 Å². The normalized spacial score (nSPS) is 17.4. The highest BCUT2D eigenvalue weighted by molar-refractivity contribution is 5.86. The minimum absolute atomic E-state index is 0.598. The minimum atomic E-state index is 0.598. The van der Waals surface area contributed by atoms with Crippen LogP contribution in [0.25, 0.3) is 10.9 Å². The first-order valence-electron chi connectivity index (χ1n) is 6.89. The number of nitrogens with zero attached hydrogens (tertiary/aromatic N) is 1. The monoisotopic (exact) mass is 243 g/mol. The van der Waals surface area contributed by atoms with E-state index in [4.69, 9.17) is 5.73 Å². The molecule has 0 atom stereocenters. The zero-order chi connectivity index (χ0) is 12.4. The van der Waals surface area contributed by atoms with Crippen LogP contribution in [0.4, 0.5) is 0 Å². The van der Waals surface area contributed by atoms with Crippen molar-refractivity contribution >= 4 is 10.9 Å². The zero-order valence-corrected chi connectivity index (χ0v) is 10.8. The fourth-order valence-electron chi connectivity index (χ4n) is 2.93. The summed E-state index contributed by atoms with van der Waals surface area (Å²) in [5, 5.41) is 1.34. The van der Waals surface area contributed by atoms with Crippen LogP contribution in [-0.4, -0.2) is 23.0 Å². The summed E-state index contributed by atoms with van der Waals surface area (Å²) in [6.07, 6.45) is 6.23. The number of likely N-dealkylation sites (tertiary alicyclic amines) is 1. The number of aromatic amines is 1. The number of para-hydroxylation sites is 1. The third-order valence-electron chi connectivity index (χ3n) is 3.95. The number of hydrogen-bond donors (Lipinski definition) is 2. The van der Waals surface area contributed by atoms with Gasteiger partial charge >= 0.3 is 0 Å². The SMILES string of the molecule is NCc1cccc2c(CN3CCCCC3)c[nH]c12. The van der Waals surface area contributed by atoms with Gasteiger partial charge in [-0.3, -0.25) is 4.90 Å². The molecule has 2 heterocycles. The lowest BCUT2D eigenvalue weighted by Gasteiger charge is -2.26. The predicted molar refractivity (Wildman–Crippen MR) is 75.3 cm³/mol. The molecule has 0 amide bonds. The fourth-order valence-corrected chi connectivity index (χ4v) is 2.93. The minimum Gasteiger partial charge on any atom is -0.361 e. The van der Waals surface area contributed by atoms with Gasteiger partial charge in [0, 0.05) is 24.7 Å². The van der Waals surface area contributed by atoms with E-state index in [0.717, 1.165) is 6.54 Å². The Morgan fingerprint density at radius 1 is 1.11 bits per heavy atom. The first-order valence-corrected chi connectivity index (χ1v) is 6.89. The number of nitrogens with two attached hydrogens (primary N) is 1. The lowest BCUT2D eigenvalue weighted by Crippen LogP contribution is -2.28. The number of benzene rings is 1. The molecule has 2 aromatic rings. The largest absolute Gasteiger partial charge is 0.361 e. The van der Waals surface area contributed by atoms with E-state index in [1.165, 1.54) is 54.4 Å². The molecule has 3 nitrogen and oxygen atoms in total. The standard InChI is InChI=1S/C15H21N3/c16-9-12-5-4-6-14-13(10-17-15(12)14)11-18-7-2-1-3-8-18/h4-6,10,17H,1-3,7-9,11,16H2. The Kier molecular flexibility index (Phi) is 3.35. The van der Waals surface area contributed by atoms with Gasteiger partial charge in [0.15, 0.2) is 0 Å². The van der Waals surface area contributed by atoms with Gasteiger partial charge < -0.3 is 10.7 Å². The summed E-state index contributed by atoms with van der Waals surface area (Å²) in [7, 11) is 0. The van der Waals surface area contributed by atoms with Crippen LogP contribution >= 0.6 is 0 Å². The molecule has 1 aromatic heterocycles. The first kappa shape index (κ1) is 11.8. The van der Waals surface area contributed by atoms with Crippen molar-refractivity contribution in [2.24, 2.45) is 5.73 Å². The predicted octanol–water partition coefficient (Wildman–Crippen LogP) is 2.61. The van der Waals surface area contributed by atoms with Gasteiger partial charge in [-0.2, -0.15) is 0 Å². The van der Waals surface area contributed by atoms with Crippen molar-refractivity contribution in [3.05, 3.63) is 35.5 Å². The van der Waals surface area contributed by atoms with Crippen molar-refractivity contribution < 1.29 is 0 Å². The first-order chi connectivity index (χ1) is 8.88. The van der Waals surface area contributed by atoms with Crippen LogP contribution in [0, 0.1) is 0 Å². The van der Waals surface area contributed by atoms with Crippen LogP contribution in [-0.2, 0) is 13.1 Å². The third-order valence-corrected chi connectivity index (χ3v) is 3.95. The van der Waals surface area contributed by atoms with E-state index in [9.17, 15) is 0 Å². The zero-order valence-electron chi connectivity index (χ0n) is 10.8. The Hall–Kier alpha value is -1.32. The van der Waals surface area contributed by atoms with Crippen LogP contribution in [0.1, 0.15) is 30.4 Å². The second-order valence-corrected chi connectivity index (χ2v) is 5.19. The summed E-state index contributed by atoms with van der Waals surface area (Å²) in [6.45, 7) is 4.14. The van der Waals surface area contributed by atoms with Gasteiger partial charge in [-0.15, -0.1) is 0 Å². The molecule has 1 aromatic carbocycles. The second-order valence-electron chi connectivity index (χ2n) is 5.19. The van der Waals surface area contributed by atoms with E-state index >= 15 is 0 Å². The fraction of sp³-hybridized carbons (Fsp3) is 0.467. The van der Waals surface area contributed by atoms with Crippen molar-refractivity contribution in [2.45, 2.75) is 32.4 Å². The summed E-state index contributed by atoms with van der Waals surface area (Å²) >= 11 is 0. The number of piperidine rings is 1. The van der Waals surface area contributed by atoms with Crippen molar-refractivity contribution in [3.8, 4) is 0 Å². The summed E-state index contributed by atoms with van der Waals surface area (Å²) in [6, 6.07) is 6.41. The van der Waals surface area contributed by atoms with Gasteiger partial charge in [0.05, 0.1) is 5.52 Å². The number of hydrogen-bond acceptors (Lipinski definition) is 2. The average Bonchev–Trinajstić information content (AvgIpc) is 2.83. The number of aromatic nitrogens is 1. The molecule has 1 aliphatic rings. The molecule has 0 aliphatic carbocycles. The quantitative estimate of drug-likeness (QED) is 0.870. The van der Waals surface area contributed by atoms with Gasteiger partial charge in [-0.1, -0.05) is 24.6 Å². The third kappa shape index (κ3) is 2.16. The molecule has 0 spiro atoms. The molecule has 3 rings (SSSR count).